The normalized spacial score (nSPS) is 30.8. The SMILES string of the molecule is Cc1ccccc1[C@@H]1CCC2(C[C@@H]1O)OCCO2. The molecule has 0 amide bonds. The lowest BCUT2D eigenvalue weighted by molar-refractivity contribution is -0.199. The van der Waals surface area contributed by atoms with Crippen molar-refractivity contribution >= 4 is 0 Å². The molecule has 3 heteroatoms. The average Bonchev–Trinajstić information content (AvgIpc) is 2.79. The van der Waals surface area contributed by atoms with Crippen LogP contribution in [0.1, 0.15) is 36.3 Å². The van der Waals surface area contributed by atoms with Gasteiger partial charge >= 0.3 is 0 Å². The number of hydrogen-bond donors (Lipinski definition) is 1. The second-order valence-corrected chi connectivity index (χ2v) is 5.38. The van der Waals surface area contributed by atoms with Gasteiger partial charge in [0.15, 0.2) is 5.79 Å². The number of aryl methyl sites for hydroxylation is 1. The van der Waals surface area contributed by atoms with E-state index in [0.29, 0.717) is 19.6 Å². The number of hydrogen-bond acceptors (Lipinski definition) is 3. The molecule has 3 rings (SSSR count). The topological polar surface area (TPSA) is 38.7 Å². The number of ether oxygens (including phenoxy) is 2. The van der Waals surface area contributed by atoms with Gasteiger partial charge in [-0.15, -0.1) is 0 Å². The molecule has 3 nitrogen and oxygen atoms in total. The standard InChI is InChI=1S/C15H20O3/c1-11-4-2-3-5-12(11)13-6-7-15(10-14(13)16)17-8-9-18-15/h2-5,13-14,16H,6-10H2,1H3/t13-,14-/m0/s1. The van der Waals surface area contributed by atoms with Crippen LogP contribution < -0.4 is 0 Å². The summed E-state index contributed by atoms with van der Waals surface area (Å²) >= 11 is 0. The third-order valence-electron chi connectivity index (χ3n) is 4.22. The van der Waals surface area contributed by atoms with E-state index in [1.807, 2.05) is 12.1 Å². The summed E-state index contributed by atoms with van der Waals surface area (Å²) in [4.78, 5) is 0. The van der Waals surface area contributed by atoms with Crippen LogP contribution in [0.4, 0.5) is 0 Å². The minimum Gasteiger partial charge on any atom is -0.392 e. The zero-order chi connectivity index (χ0) is 12.6. The van der Waals surface area contributed by atoms with Gasteiger partial charge in [-0.05, 0) is 24.5 Å². The molecule has 18 heavy (non-hydrogen) atoms. The molecule has 1 aromatic carbocycles. The first-order valence-electron chi connectivity index (χ1n) is 6.72. The molecule has 0 unspecified atom stereocenters. The van der Waals surface area contributed by atoms with Crippen molar-refractivity contribution in [3.63, 3.8) is 0 Å². The van der Waals surface area contributed by atoms with Crippen LogP contribution in [0.15, 0.2) is 24.3 Å². The highest BCUT2D eigenvalue weighted by Gasteiger charge is 2.45. The molecule has 1 aliphatic carbocycles. The van der Waals surface area contributed by atoms with Crippen molar-refractivity contribution in [3.8, 4) is 0 Å². The van der Waals surface area contributed by atoms with Gasteiger partial charge in [-0.2, -0.15) is 0 Å². The van der Waals surface area contributed by atoms with Gasteiger partial charge in [-0.25, -0.2) is 0 Å². The highest BCUT2D eigenvalue weighted by molar-refractivity contribution is 5.30. The maximum atomic E-state index is 10.4. The van der Waals surface area contributed by atoms with Crippen molar-refractivity contribution < 1.29 is 14.6 Å². The molecule has 0 aromatic heterocycles. The zero-order valence-corrected chi connectivity index (χ0v) is 10.8. The smallest absolute Gasteiger partial charge is 0.171 e. The summed E-state index contributed by atoms with van der Waals surface area (Å²) in [6.07, 6.45) is 2.01. The lowest BCUT2D eigenvalue weighted by Crippen LogP contribution is -2.42. The Morgan fingerprint density at radius 1 is 1.22 bits per heavy atom. The van der Waals surface area contributed by atoms with Crippen LogP contribution in [-0.2, 0) is 9.47 Å². The Balaban J connectivity index is 1.79. The minimum absolute atomic E-state index is 0.213. The van der Waals surface area contributed by atoms with Crippen molar-refractivity contribution in [3.05, 3.63) is 35.4 Å². The molecule has 0 bridgehead atoms. The zero-order valence-electron chi connectivity index (χ0n) is 10.8. The first-order valence-corrected chi connectivity index (χ1v) is 6.72. The number of aliphatic hydroxyl groups excluding tert-OH is 1. The van der Waals surface area contributed by atoms with E-state index in [1.165, 1.54) is 11.1 Å². The molecular weight excluding hydrogens is 228 g/mol. The molecule has 98 valence electrons. The first kappa shape index (κ1) is 12.2. The molecule has 1 spiro atoms. The lowest BCUT2D eigenvalue weighted by Gasteiger charge is -2.39. The van der Waals surface area contributed by atoms with Crippen LogP contribution in [-0.4, -0.2) is 30.2 Å². The van der Waals surface area contributed by atoms with E-state index in [2.05, 4.69) is 19.1 Å². The Bertz CT molecular complexity index is 424. The molecule has 1 aromatic rings. The molecular formula is C15H20O3. The van der Waals surface area contributed by atoms with E-state index < -0.39 is 5.79 Å². The molecule has 2 fully saturated rings. The van der Waals surface area contributed by atoms with Gasteiger partial charge in [0.25, 0.3) is 0 Å². The second kappa shape index (κ2) is 4.65. The van der Waals surface area contributed by atoms with Crippen molar-refractivity contribution in [1.29, 1.82) is 0 Å². The maximum absolute atomic E-state index is 10.4. The van der Waals surface area contributed by atoms with Crippen molar-refractivity contribution in [2.75, 3.05) is 13.2 Å². The van der Waals surface area contributed by atoms with Gasteiger partial charge in [-0.1, -0.05) is 24.3 Å². The van der Waals surface area contributed by atoms with Crippen molar-refractivity contribution in [2.45, 2.75) is 44.0 Å². The minimum atomic E-state index is -0.501. The molecule has 0 radical (unpaired) electrons. The highest BCUT2D eigenvalue weighted by Crippen LogP contribution is 2.43. The van der Waals surface area contributed by atoms with Crippen molar-refractivity contribution in [2.24, 2.45) is 0 Å². The first-order chi connectivity index (χ1) is 8.70. The molecule has 1 N–H and O–H groups in total. The fraction of sp³-hybridized carbons (Fsp3) is 0.600. The van der Waals surface area contributed by atoms with E-state index >= 15 is 0 Å². The summed E-state index contributed by atoms with van der Waals surface area (Å²) in [7, 11) is 0. The van der Waals surface area contributed by atoms with Gasteiger partial charge in [0.1, 0.15) is 0 Å². The fourth-order valence-corrected chi connectivity index (χ4v) is 3.26. The summed E-state index contributed by atoms with van der Waals surface area (Å²) in [6.45, 7) is 3.42. The van der Waals surface area contributed by atoms with Crippen LogP contribution in [0.5, 0.6) is 0 Å². The Hall–Kier alpha value is -0.900. The van der Waals surface area contributed by atoms with Crippen LogP contribution in [0.2, 0.25) is 0 Å². The summed E-state index contributed by atoms with van der Waals surface area (Å²) in [6, 6.07) is 8.31. The summed E-state index contributed by atoms with van der Waals surface area (Å²) in [5.74, 6) is -0.289. The van der Waals surface area contributed by atoms with E-state index in [4.69, 9.17) is 9.47 Å². The van der Waals surface area contributed by atoms with E-state index in [1.54, 1.807) is 0 Å². The van der Waals surface area contributed by atoms with Crippen LogP contribution in [0.25, 0.3) is 0 Å². The molecule has 1 saturated carbocycles. The average molecular weight is 248 g/mol. The quantitative estimate of drug-likeness (QED) is 0.829. The van der Waals surface area contributed by atoms with Crippen LogP contribution >= 0.6 is 0 Å². The Morgan fingerprint density at radius 3 is 2.61 bits per heavy atom. The molecule has 2 atom stereocenters. The largest absolute Gasteiger partial charge is 0.392 e. The third kappa shape index (κ3) is 2.07. The number of aliphatic hydroxyl groups is 1. The summed E-state index contributed by atoms with van der Waals surface area (Å²) < 4.78 is 11.4. The molecule has 1 aliphatic heterocycles. The predicted molar refractivity (Wildman–Crippen MR) is 68.4 cm³/mol. The molecule has 1 saturated heterocycles. The highest BCUT2D eigenvalue weighted by atomic mass is 16.7. The lowest BCUT2D eigenvalue weighted by atomic mass is 9.77. The number of benzene rings is 1. The summed E-state index contributed by atoms with van der Waals surface area (Å²) in [5.41, 5.74) is 2.52. The van der Waals surface area contributed by atoms with Gasteiger partial charge in [0.2, 0.25) is 0 Å². The molecule has 2 aliphatic rings. The Morgan fingerprint density at radius 2 is 1.94 bits per heavy atom. The van der Waals surface area contributed by atoms with Crippen molar-refractivity contribution in [1.82, 2.24) is 0 Å². The van der Waals surface area contributed by atoms with Gasteiger partial charge < -0.3 is 14.6 Å². The number of rotatable bonds is 1. The van der Waals surface area contributed by atoms with Gasteiger partial charge in [0, 0.05) is 18.8 Å². The Labute approximate surface area is 108 Å². The van der Waals surface area contributed by atoms with E-state index in [-0.39, 0.29) is 12.0 Å². The second-order valence-electron chi connectivity index (χ2n) is 5.38. The van der Waals surface area contributed by atoms with Gasteiger partial charge in [0.05, 0.1) is 19.3 Å². The monoisotopic (exact) mass is 248 g/mol. The van der Waals surface area contributed by atoms with Crippen LogP contribution in [0, 0.1) is 6.92 Å². The van der Waals surface area contributed by atoms with Gasteiger partial charge in [-0.3, -0.25) is 0 Å². The third-order valence-corrected chi connectivity index (χ3v) is 4.22. The maximum Gasteiger partial charge on any atom is 0.171 e. The van der Waals surface area contributed by atoms with E-state index in [9.17, 15) is 5.11 Å². The summed E-state index contributed by atoms with van der Waals surface area (Å²) in [5, 5.41) is 10.4. The predicted octanol–water partition coefficient (Wildman–Crippen LogP) is 2.37. The van der Waals surface area contributed by atoms with E-state index in [0.717, 1.165) is 12.8 Å². The molecule has 1 heterocycles. The Kier molecular flexibility index (Phi) is 3.14. The van der Waals surface area contributed by atoms with Crippen LogP contribution in [0.3, 0.4) is 0 Å². The fourth-order valence-electron chi connectivity index (χ4n) is 3.26.